The molecule has 0 saturated heterocycles. The SMILES string of the molecule is CC[C@]1(O)CC[C@@]2(C)C(=CC[C@H]3[C@@H]4CC[C@H]([C@@H](CCCC(C)(C)O)OC)[C@@]4(C)CC[C@@H]32)C1. The highest BCUT2D eigenvalue weighted by Crippen LogP contribution is 2.67. The largest absolute Gasteiger partial charge is 0.390 e. The van der Waals surface area contributed by atoms with E-state index in [0.717, 1.165) is 62.7 Å². The van der Waals surface area contributed by atoms with Crippen LogP contribution in [0.25, 0.3) is 0 Å². The quantitative estimate of drug-likeness (QED) is 0.430. The smallest absolute Gasteiger partial charge is 0.0682 e. The van der Waals surface area contributed by atoms with E-state index in [1.165, 1.54) is 32.1 Å². The number of hydrogen-bond acceptors (Lipinski definition) is 3. The molecule has 8 atom stereocenters. The molecule has 2 N–H and O–H groups in total. The molecule has 0 radical (unpaired) electrons. The molecule has 0 heterocycles. The van der Waals surface area contributed by atoms with Gasteiger partial charge in [-0.2, -0.15) is 0 Å². The van der Waals surface area contributed by atoms with E-state index in [-0.39, 0.29) is 0 Å². The van der Waals surface area contributed by atoms with Crippen LogP contribution in [0.3, 0.4) is 0 Å². The third-order valence-corrected chi connectivity index (χ3v) is 11.0. The minimum absolute atomic E-state index is 0.303. The molecule has 4 aliphatic carbocycles. The highest BCUT2D eigenvalue weighted by molar-refractivity contribution is 5.27. The van der Waals surface area contributed by atoms with Crippen molar-refractivity contribution in [1.82, 2.24) is 0 Å². The first kappa shape index (κ1) is 24.7. The van der Waals surface area contributed by atoms with Crippen molar-refractivity contribution in [2.24, 2.45) is 34.5 Å². The minimum atomic E-state index is -0.579. The van der Waals surface area contributed by atoms with Gasteiger partial charge in [-0.25, -0.2) is 0 Å². The Morgan fingerprint density at radius 3 is 2.53 bits per heavy atom. The normalized spacial score (nSPS) is 44.9. The van der Waals surface area contributed by atoms with Gasteiger partial charge in [-0.05, 0) is 125 Å². The Labute approximate surface area is 197 Å². The highest BCUT2D eigenvalue weighted by Gasteiger charge is 2.60. The van der Waals surface area contributed by atoms with Gasteiger partial charge in [-0.3, -0.25) is 0 Å². The van der Waals surface area contributed by atoms with Crippen LogP contribution < -0.4 is 0 Å². The van der Waals surface area contributed by atoms with Crippen molar-refractivity contribution in [3.05, 3.63) is 11.6 Å². The summed E-state index contributed by atoms with van der Waals surface area (Å²) in [6, 6.07) is 0. The molecule has 0 bridgehead atoms. The van der Waals surface area contributed by atoms with Gasteiger partial charge in [0.2, 0.25) is 0 Å². The van der Waals surface area contributed by atoms with Crippen LogP contribution >= 0.6 is 0 Å². The zero-order chi connectivity index (χ0) is 23.4. The van der Waals surface area contributed by atoms with Gasteiger partial charge in [-0.1, -0.05) is 32.4 Å². The first-order valence-electron chi connectivity index (χ1n) is 13.6. The average molecular weight is 447 g/mol. The number of hydrogen-bond donors (Lipinski definition) is 2. The summed E-state index contributed by atoms with van der Waals surface area (Å²) in [6.07, 6.45) is 16.3. The van der Waals surface area contributed by atoms with Crippen LogP contribution in [0.5, 0.6) is 0 Å². The Hall–Kier alpha value is -0.380. The van der Waals surface area contributed by atoms with Gasteiger partial charge >= 0.3 is 0 Å². The Kier molecular flexibility index (Phi) is 6.71. The summed E-state index contributed by atoms with van der Waals surface area (Å²) < 4.78 is 6.12. The molecule has 3 fully saturated rings. The number of methoxy groups -OCH3 is 1. The topological polar surface area (TPSA) is 49.7 Å². The van der Waals surface area contributed by atoms with E-state index in [9.17, 15) is 10.2 Å². The minimum Gasteiger partial charge on any atom is -0.390 e. The molecule has 3 heteroatoms. The number of aliphatic hydroxyl groups is 2. The third kappa shape index (κ3) is 4.24. The lowest BCUT2D eigenvalue weighted by molar-refractivity contribution is -0.0898. The van der Waals surface area contributed by atoms with Crippen molar-refractivity contribution in [1.29, 1.82) is 0 Å². The molecule has 0 amide bonds. The average Bonchev–Trinajstić information content (AvgIpc) is 3.08. The summed E-state index contributed by atoms with van der Waals surface area (Å²) in [5.41, 5.74) is 1.22. The molecule has 0 spiro atoms. The van der Waals surface area contributed by atoms with E-state index in [1.807, 2.05) is 21.0 Å². The monoisotopic (exact) mass is 446 g/mol. The lowest BCUT2D eigenvalue weighted by Crippen LogP contribution is -2.52. The molecule has 3 saturated carbocycles. The maximum absolute atomic E-state index is 11.0. The van der Waals surface area contributed by atoms with Gasteiger partial charge in [-0.15, -0.1) is 0 Å². The summed E-state index contributed by atoms with van der Waals surface area (Å²) in [5, 5.41) is 21.1. The fourth-order valence-electron chi connectivity index (χ4n) is 8.88. The molecule has 4 aliphatic rings. The van der Waals surface area contributed by atoms with Gasteiger partial charge in [0.15, 0.2) is 0 Å². The second-order valence-electron chi connectivity index (χ2n) is 13.2. The van der Waals surface area contributed by atoms with Crippen molar-refractivity contribution in [2.45, 2.75) is 129 Å². The Balaban J connectivity index is 1.50. The molecular formula is C29H50O3. The lowest BCUT2D eigenvalue weighted by atomic mass is 9.46. The molecule has 4 rings (SSSR count). The summed E-state index contributed by atoms with van der Waals surface area (Å²) in [5.74, 6) is 3.04. The van der Waals surface area contributed by atoms with Crippen LogP contribution in [0.1, 0.15) is 112 Å². The van der Waals surface area contributed by atoms with Gasteiger partial charge in [0.25, 0.3) is 0 Å². The number of allylic oxidation sites excluding steroid dienone is 1. The fraction of sp³-hybridized carbons (Fsp3) is 0.931. The predicted octanol–water partition coefficient (Wildman–Crippen LogP) is 6.66. The number of ether oxygens (including phenoxy) is 1. The van der Waals surface area contributed by atoms with E-state index >= 15 is 0 Å². The summed E-state index contributed by atoms with van der Waals surface area (Å²) in [4.78, 5) is 0. The lowest BCUT2D eigenvalue weighted by Gasteiger charge is -2.59. The second-order valence-corrected chi connectivity index (χ2v) is 13.2. The van der Waals surface area contributed by atoms with Crippen LogP contribution in [0.15, 0.2) is 11.6 Å². The second kappa shape index (κ2) is 8.68. The van der Waals surface area contributed by atoms with E-state index in [4.69, 9.17) is 4.74 Å². The molecule has 0 unspecified atom stereocenters. The molecular weight excluding hydrogens is 396 g/mol. The number of fused-ring (bicyclic) bond motifs is 5. The third-order valence-electron chi connectivity index (χ3n) is 11.0. The standard InChI is InChI=1S/C29H50O3/c1-7-29(31)18-17-27(4)20(19-29)10-11-21-22-12-13-24(28(22,5)16-14-23(21)27)25(32-6)9-8-15-26(2,3)30/h10,21-25,30-31H,7-9,11-19H2,1-6H3/t21-,22-,23-,24+,25+,27-,28-,29-/m0/s1. The van der Waals surface area contributed by atoms with Crippen LogP contribution in [0, 0.1) is 34.5 Å². The maximum atomic E-state index is 11.0. The van der Waals surface area contributed by atoms with Gasteiger partial charge < -0.3 is 14.9 Å². The zero-order valence-corrected chi connectivity index (χ0v) is 21.8. The molecule has 32 heavy (non-hydrogen) atoms. The Morgan fingerprint density at radius 2 is 1.88 bits per heavy atom. The molecule has 0 aromatic carbocycles. The summed E-state index contributed by atoms with van der Waals surface area (Å²) in [7, 11) is 1.91. The molecule has 3 nitrogen and oxygen atoms in total. The van der Waals surface area contributed by atoms with Crippen LogP contribution in [0.4, 0.5) is 0 Å². The maximum Gasteiger partial charge on any atom is 0.0682 e. The van der Waals surface area contributed by atoms with Crippen molar-refractivity contribution in [3.8, 4) is 0 Å². The summed E-state index contributed by atoms with van der Waals surface area (Å²) >= 11 is 0. The molecule has 0 aromatic rings. The van der Waals surface area contributed by atoms with Crippen LogP contribution in [-0.2, 0) is 4.74 Å². The van der Waals surface area contributed by atoms with Gasteiger partial charge in [0.05, 0.1) is 17.3 Å². The van der Waals surface area contributed by atoms with Crippen LogP contribution in [0.2, 0.25) is 0 Å². The molecule has 0 aromatic heterocycles. The summed E-state index contributed by atoms with van der Waals surface area (Å²) in [6.45, 7) is 11.1. The van der Waals surface area contributed by atoms with E-state index in [0.29, 0.717) is 22.9 Å². The Morgan fingerprint density at radius 1 is 1.12 bits per heavy atom. The van der Waals surface area contributed by atoms with Crippen molar-refractivity contribution in [2.75, 3.05) is 7.11 Å². The predicted molar refractivity (Wildman–Crippen MR) is 131 cm³/mol. The van der Waals surface area contributed by atoms with Crippen molar-refractivity contribution >= 4 is 0 Å². The first-order valence-corrected chi connectivity index (χ1v) is 13.6. The fourth-order valence-corrected chi connectivity index (χ4v) is 8.88. The molecule has 0 aliphatic heterocycles. The van der Waals surface area contributed by atoms with Gasteiger partial charge in [0, 0.05) is 7.11 Å². The van der Waals surface area contributed by atoms with E-state index < -0.39 is 11.2 Å². The Bertz CT molecular complexity index is 708. The van der Waals surface area contributed by atoms with Crippen molar-refractivity contribution < 1.29 is 14.9 Å². The van der Waals surface area contributed by atoms with E-state index in [2.05, 4.69) is 26.8 Å². The van der Waals surface area contributed by atoms with E-state index in [1.54, 1.807) is 5.57 Å². The van der Waals surface area contributed by atoms with Crippen molar-refractivity contribution in [3.63, 3.8) is 0 Å². The number of rotatable bonds is 7. The van der Waals surface area contributed by atoms with Gasteiger partial charge in [0.1, 0.15) is 0 Å². The van der Waals surface area contributed by atoms with Crippen LogP contribution in [-0.4, -0.2) is 34.6 Å². The first-order chi connectivity index (χ1) is 15.0. The highest BCUT2D eigenvalue weighted by atomic mass is 16.5. The zero-order valence-electron chi connectivity index (χ0n) is 21.8. The molecule has 184 valence electrons.